The summed E-state index contributed by atoms with van der Waals surface area (Å²) < 4.78 is 24.0. The van der Waals surface area contributed by atoms with Gasteiger partial charge < -0.3 is 23.5 Å². The summed E-state index contributed by atoms with van der Waals surface area (Å²) in [4.78, 5) is 13.0. The van der Waals surface area contributed by atoms with Crippen LogP contribution in [0.2, 0.25) is 0 Å². The van der Waals surface area contributed by atoms with E-state index in [1.165, 1.54) is 0 Å². The minimum absolute atomic E-state index is 0.0357. The monoisotopic (exact) mass is 347 g/mol. The maximum Gasteiger partial charge on any atom is 0.231 e. The van der Waals surface area contributed by atoms with E-state index in [1.54, 1.807) is 6.07 Å². The average molecular weight is 347 g/mol. The molecule has 3 aliphatic heterocycles. The number of hydrogen-bond donors (Lipinski definition) is 0. The Morgan fingerprint density at radius 2 is 1.62 bits per heavy atom. The molecule has 0 radical (unpaired) electrons. The van der Waals surface area contributed by atoms with Gasteiger partial charge in [0.05, 0.1) is 11.3 Å². The summed E-state index contributed by atoms with van der Waals surface area (Å²) in [6.07, 6.45) is 1.98. The highest BCUT2D eigenvalue weighted by Gasteiger charge is 2.25. The Hall–Kier alpha value is -3.41. The van der Waals surface area contributed by atoms with Crippen LogP contribution in [0.5, 0.6) is 23.0 Å². The van der Waals surface area contributed by atoms with Gasteiger partial charge in [0, 0.05) is 29.4 Å². The molecule has 0 atom stereocenters. The number of hydrogen-bond acceptors (Lipinski definition) is 5. The van der Waals surface area contributed by atoms with Gasteiger partial charge in [0.1, 0.15) is 0 Å². The topological polar surface area (TPSA) is 58.9 Å². The van der Waals surface area contributed by atoms with Crippen molar-refractivity contribution in [1.29, 1.82) is 0 Å². The SMILES string of the molecule is Cn1cc2c3c(ccc2c2c(=O)cc4cc5c(cc4c1-2)OCO5)OCO3. The van der Waals surface area contributed by atoms with Crippen LogP contribution in [-0.4, -0.2) is 18.2 Å². The van der Waals surface area contributed by atoms with Crippen LogP contribution in [0.1, 0.15) is 0 Å². The van der Waals surface area contributed by atoms with E-state index in [-0.39, 0.29) is 19.0 Å². The van der Waals surface area contributed by atoms with Gasteiger partial charge in [-0.15, -0.1) is 0 Å². The second-order valence-corrected chi connectivity index (χ2v) is 6.53. The Labute approximate surface area is 147 Å². The molecule has 0 amide bonds. The predicted molar refractivity (Wildman–Crippen MR) is 95.6 cm³/mol. The van der Waals surface area contributed by atoms with Crippen molar-refractivity contribution in [3.63, 3.8) is 0 Å². The minimum atomic E-state index is -0.0357. The quantitative estimate of drug-likeness (QED) is 0.457. The third-order valence-electron chi connectivity index (χ3n) is 5.09. The van der Waals surface area contributed by atoms with Crippen molar-refractivity contribution in [1.82, 2.24) is 4.57 Å². The Bertz CT molecular complexity index is 1270. The number of rotatable bonds is 0. The maximum absolute atomic E-state index is 13.0. The van der Waals surface area contributed by atoms with Gasteiger partial charge in [-0.1, -0.05) is 0 Å². The van der Waals surface area contributed by atoms with E-state index in [1.807, 2.05) is 42.1 Å². The van der Waals surface area contributed by atoms with Gasteiger partial charge in [-0.25, -0.2) is 0 Å². The van der Waals surface area contributed by atoms with Crippen molar-refractivity contribution in [3.8, 4) is 34.3 Å². The summed E-state index contributed by atoms with van der Waals surface area (Å²) >= 11 is 0. The molecule has 0 fully saturated rings. The molecule has 128 valence electrons. The van der Waals surface area contributed by atoms with E-state index in [0.29, 0.717) is 28.6 Å². The van der Waals surface area contributed by atoms with E-state index in [9.17, 15) is 4.79 Å². The second kappa shape index (κ2) is 4.60. The van der Waals surface area contributed by atoms with Crippen molar-refractivity contribution in [2.75, 3.05) is 13.6 Å². The third-order valence-corrected chi connectivity index (χ3v) is 5.09. The molecule has 6 heteroatoms. The largest absolute Gasteiger partial charge is 0.454 e. The van der Waals surface area contributed by atoms with Crippen LogP contribution < -0.4 is 24.4 Å². The molecule has 4 aliphatic rings. The molecule has 0 saturated heterocycles. The molecule has 26 heavy (non-hydrogen) atoms. The first kappa shape index (κ1) is 13.8. The van der Waals surface area contributed by atoms with E-state index in [4.69, 9.17) is 18.9 Å². The van der Waals surface area contributed by atoms with Gasteiger partial charge in [0.15, 0.2) is 28.4 Å². The van der Waals surface area contributed by atoms with Gasteiger partial charge in [-0.3, -0.25) is 4.79 Å². The Morgan fingerprint density at radius 3 is 2.50 bits per heavy atom. The zero-order valence-electron chi connectivity index (χ0n) is 13.9. The smallest absolute Gasteiger partial charge is 0.231 e. The van der Waals surface area contributed by atoms with Crippen LogP contribution in [0, 0.1) is 0 Å². The average Bonchev–Trinajstić information content (AvgIpc) is 3.28. The summed E-state index contributed by atoms with van der Waals surface area (Å²) in [6.45, 7) is 0.397. The fourth-order valence-corrected chi connectivity index (χ4v) is 3.97. The molecule has 6 rings (SSSR count). The first-order valence-electron chi connectivity index (χ1n) is 8.29. The lowest BCUT2D eigenvalue weighted by Gasteiger charge is -2.18. The molecule has 0 unspecified atom stereocenters. The number of aryl methyl sites for hydroxylation is 1. The fourth-order valence-electron chi connectivity index (χ4n) is 3.97. The highest BCUT2D eigenvalue weighted by molar-refractivity contribution is 6.08. The summed E-state index contributed by atoms with van der Waals surface area (Å²) in [5.74, 6) is 2.75. The molecule has 0 bridgehead atoms. The zero-order chi connectivity index (χ0) is 17.4. The number of pyridine rings is 1. The summed E-state index contributed by atoms with van der Waals surface area (Å²) in [5, 5.41) is 3.51. The van der Waals surface area contributed by atoms with Crippen molar-refractivity contribution in [2.24, 2.45) is 7.05 Å². The highest BCUT2D eigenvalue weighted by Crippen LogP contribution is 2.45. The van der Waals surface area contributed by atoms with Crippen LogP contribution in [-0.2, 0) is 7.05 Å². The second-order valence-electron chi connectivity index (χ2n) is 6.53. The summed E-state index contributed by atoms with van der Waals surface area (Å²) in [7, 11) is 1.93. The molecule has 3 heterocycles. The van der Waals surface area contributed by atoms with E-state index >= 15 is 0 Å². The normalized spacial score (nSPS) is 14.7. The number of ether oxygens (including phenoxy) is 4. The number of aromatic nitrogens is 1. The standard InChI is InChI=1S/C20H13NO5/c1-21-7-13-11(2-3-15-20(13)26-9-23-15)18-14(22)4-10-5-16-17(25-8-24-16)6-12(10)19(18)21/h2-7H,8-9H2,1H3. The maximum atomic E-state index is 13.0. The molecule has 0 saturated carbocycles. The first-order chi connectivity index (χ1) is 12.7. The lowest BCUT2D eigenvalue weighted by Crippen LogP contribution is -2.11. The van der Waals surface area contributed by atoms with Crippen LogP contribution in [0.25, 0.3) is 32.8 Å². The van der Waals surface area contributed by atoms with Crippen molar-refractivity contribution >= 4 is 21.5 Å². The molecule has 1 aliphatic carbocycles. The lowest BCUT2D eigenvalue weighted by atomic mass is 9.94. The number of nitrogens with zero attached hydrogens (tertiary/aromatic N) is 1. The Balaban J connectivity index is 1.82. The van der Waals surface area contributed by atoms with Crippen LogP contribution in [0.15, 0.2) is 41.3 Å². The molecule has 0 spiro atoms. The lowest BCUT2D eigenvalue weighted by molar-refractivity contribution is 0.174. The predicted octanol–water partition coefficient (Wildman–Crippen LogP) is 3.25. The van der Waals surface area contributed by atoms with Crippen molar-refractivity contribution in [3.05, 3.63) is 46.8 Å². The fraction of sp³-hybridized carbons (Fsp3) is 0.150. The molecular formula is C20H13NO5. The summed E-state index contributed by atoms with van der Waals surface area (Å²) in [6, 6.07) is 9.24. The number of benzene rings is 3. The minimum Gasteiger partial charge on any atom is -0.454 e. The first-order valence-corrected chi connectivity index (χ1v) is 8.29. The molecule has 0 aromatic heterocycles. The third kappa shape index (κ3) is 1.63. The van der Waals surface area contributed by atoms with E-state index < -0.39 is 0 Å². The van der Waals surface area contributed by atoms with Crippen LogP contribution >= 0.6 is 0 Å². The molecule has 6 nitrogen and oxygen atoms in total. The van der Waals surface area contributed by atoms with Gasteiger partial charge in [0.2, 0.25) is 13.6 Å². The van der Waals surface area contributed by atoms with Crippen LogP contribution in [0.4, 0.5) is 0 Å². The highest BCUT2D eigenvalue weighted by atomic mass is 16.7. The molecule has 0 N–H and O–H groups in total. The van der Waals surface area contributed by atoms with E-state index in [0.717, 1.165) is 27.2 Å². The van der Waals surface area contributed by atoms with E-state index in [2.05, 4.69) is 0 Å². The Kier molecular flexibility index (Phi) is 2.45. The Morgan fingerprint density at radius 1 is 0.846 bits per heavy atom. The van der Waals surface area contributed by atoms with Gasteiger partial charge in [-0.05, 0) is 35.7 Å². The van der Waals surface area contributed by atoms with Crippen LogP contribution in [0.3, 0.4) is 0 Å². The molecular weight excluding hydrogens is 334 g/mol. The molecule has 2 aromatic rings. The van der Waals surface area contributed by atoms with Crippen molar-refractivity contribution in [2.45, 2.75) is 0 Å². The number of fused-ring (bicyclic) bond motifs is 8. The zero-order valence-corrected chi connectivity index (χ0v) is 13.9. The van der Waals surface area contributed by atoms with Gasteiger partial charge >= 0.3 is 0 Å². The summed E-state index contributed by atoms with van der Waals surface area (Å²) in [5.41, 5.74) is 1.48. The van der Waals surface area contributed by atoms with Gasteiger partial charge in [0.25, 0.3) is 0 Å². The van der Waals surface area contributed by atoms with Gasteiger partial charge in [-0.2, -0.15) is 0 Å². The van der Waals surface area contributed by atoms with Crippen molar-refractivity contribution < 1.29 is 18.9 Å². The molecule has 2 aromatic carbocycles.